The number of nitrogens with one attached hydrogen (secondary N) is 2. The van der Waals surface area contributed by atoms with Crippen LogP contribution in [0.4, 0.5) is 0 Å². The number of aryl methyl sites for hydroxylation is 1. The summed E-state index contributed by atoms with van der Waals surface area (Å²) >= 11 is 3.67. The van der Waals surface area contributed by atoms with Crippen molar-refractivity contribution in [3.8, 4) is 0 Å². The smallest absolute Gasteiger partial charge is 0.191 e. The average Bonchev–Trinajstić information content (AvgIpc) is 3.23. The third-order valence-electron chi connectivity index (χ3n) is 4.34. The zero-order valence-electron chi connectivity index (χ0n) is 13.8. The number of nitrogens with zero attached hydrogens (tertiary/aromatic N) is 4. The summed E-state index contributed by atoms with van der Waals surface area (Å²) < 4.78 is 2.94. The molecule has 1 aliphatic rings. The van der Waals surface area contributed by atoms with Crippen molar-refractivity contribution in [1.82, 2.24) is 25.4 Å². The number of rotatable bonds is 5. The van der Waals surface area contributed by atoms with E-state index in [9.17, 15) is 0 Å². The van der Waals surface area contributed by atoms with Gasteiger partial charge >= 0.3 is 0 Å². The van der Waals surface area contributed by atoms with Crippen molar-refractivity contribution in [2.24, 2.45) is 12.0 Å². The second-order valence-electron chi connectivity index (χ2n) is 5.84. The number of benzene rings is 1. The lowest BCUT2D eigenvalue weighted by atomic mass is 9.96. The van der Waals surface area contributed by atoms with Crippen LogP contribution in [-0.4, -0.2) is 34.3 Å². The summed E-state index contributed by atoms with van der Waals surface area (Å²) in [6.45, 7) is 1.46. The van der Waals surface area contributed by atoms with E-state index in [-0.39, 0.29) is 29.4 Å². The van der Waals surface area contributed by atoms with Crippen LogP contribution in [0.5, 0.6) is 0 Å². The van der Waals surface area contributed by atoms with Crippen molar-refractivity contribution in [1.29, 1.82) is 0 Å². The molecule has 2 N–H and O–H groups in total. The van der Waals surface area contributed by atoms with E-state index in [4.69, 9.17) is 0 Å². The van der Waals surface area contributed by atoms with Gasteiger partial charge in [0.05, 0.1) is 6.54 Å². The zero-order chi connectivity index (χ0) is 16.3. The number of aromatic nitrogens is 3. The van der Waals surface area contributed by atoms with Crippen LogP contribution < -0.4 is 10.6 Å². The molecule has 1 aromatic carbocycles. The monoisotopic (exact) mass is 504 g/mol. The number of hydrogen-bond donors (Lipinski definition) is 2. The van der Waals surface area contributed by atoms with Gasteiger partial charge in [0.15, 0.2) is 5.96 Å². The van der Waals surface area contributed by atoms with Gasteiger partial charge in [0, 0.05) is 30.5 Å². The van der Waals surface area contributed by atoms with Gasteiger partial charge in [-0.2, -0.15) is 5.10 Å². The Kier molecular flexibility index (Phi) is 6.62. The number of hydrogen-bond acceptors (Lipinski definition) is 3. The van der Waals surface area contributed by atoms with Crippen molar-refractivity contribution < 1.29 is 0 Å². The van der Waals surface area contributed by atoms with E-state index in [0.717, 1.165) is 18.3 Å². The standard InChI is InChI=1S/C16H21BrN6.HI/c1-18-15(19-9-14-21-11-22-23(14)2)20-10-16(7-8-16)12-5-3-4-6-13(12)17;/h3-6,11H,7-10H2,1-2H3,(H2,18,19,20);1H. The van der Waals surface area contributed by atoms with Crippen molar-refractivity contribution in [3.63, 3.8) is 0 Å². The molecule has 0 amide bonds. The van der Waals surface area contributed by atoms with Gasteiger partial charge in [0.25, 0.3) is 0 Å². The van der Waals surface area contributed by atoms with Crippen LogP contribution in [0, 0.1) is 0 Å². The highest BCUT2D eigenvalue weighted by molar-refractivity contribution is 14.0. The topological polar surface area (TPSA) is 67.1 Å². The molecule has 8 heteroatoms. The van der Waals surface area contributed by atoms with E-state index in [1.54, 1.807) is 18.1 Å². The fourth-order valence-electron chi connectivity index (χ4n) is 2.70. The van der Waals surface area contributed by atoms with Crippen molar-refractivity contribution in [2.45, 2.75) is 24.8 Å². The molecule has 0 spiro atoms. The molecule has 6 nitrogen and oxygen atoms in total. The predicted octanol–water partition coefficient (Wildman–Crippen LogP) is 2.59. The van der Waals surface area contributed by atoms with Gasteiger partial charge in [-0.25, -0.2) is 4.98 Å². The summed E-state index contributed by atoms with van der Waals surface area (Å²) in [7, 11) is 3.66. The maximum absolute atomic E-state index is 4.29. The molecule has 0 bridgehead atoms. The minimum absolute atomic E-state index is 0. The van der Waals surface area contributed by atoms with Gasteiger partial charge in [0.2, 0.25) is 0 Å². The highest BCUT2D eigenvalue weighted by Gasteiger charge is 2.45. The van der Waals surface area contributed by atoms with E-state index >= 15 is 0 Å². The molecule has 1 fully saturated rings. The number of halogens is 2. The summed E-state index contributed by atoms with van der Waals surface area (Å²) in [5.41, 5.74) is 1.58. The Balaban J connectivity index is 0.00000208. The lowest BCUT2D eigenvalue weighted by Crippen LogP contribution is -2.41. The normalized spacial score (nSPS) is 15.5. The van der Waals surface area contributed by atoms with Crippen LogP contribution in [0.3, 0.4) is 0 Å². The molecule has 0 aliphatic heterocycles. The van der Waals surface area contributed by atoms with E-state index < -0.39 is 0 Å². The Morgan fingerprint density at radius 2 is 2.08 bits per heavy atom. The molecule has 0 unspecified atom stereocenters. The Hall–Kier alpha value is -1.16. The first-order chi connectivity index (χ1) is 11.1. The van der Waals surface area contributed by atoms with Gasteiger partial charge in [-0.3, -0.25) is 9.67 Å². The van der Waals surface area contributed by atoms with E-state index in [0.29, 0.717) is 6.54 Å². The third-order valence-corrected chi connectivity index (χ3v) is 5.03. The predicted molar refractivity (Wildman–Crippen MR) is 110 cm³/mol. The van der Waals surface area contributed by atoms with Crippen LogP contribution >= 0.6 is 39.9 Å². The summed E-state index contributed by atoms with van der Waals surface area (Å²) in [6.07, 6.45) is 3.95. The van der Waals surface area contributed by atoms with Crippen molar-refractivity contribution >= 4 is 45.9 Å². The van der Waals surface area contributed by atoms with Crippen LogP contribution in [0.25, 0.3) is 0 Å². The van der Waals surface area contributed by atoms with Gasteiger partial charge < -0.3 is 10.6 Å². The van der Waals surface area contributed by atoms with Gasteiger partial charge in [-0.1, -0.05) is 34.1 Å². The molecule has 1 aromatic heterocycles. The van der Waals surface area contributed by atoms with Crippen LogP contribution in [0.2, 0.25) is 0 Å². The van der Waals surface area contributed by atoms with Gasteiger partial charge in [-0.15, -0.1) is 24.0 Å². The Labute approximate surface area is 167 Å². The molecular weight excluding hydrogens is 483 g/mol. The molecule has 0 radical (unpaired) electrons. The number of guanidine groups is 1. The minimum atomic E-state index is 0. The van der Waals surface area contributed by atoms with Crippen LogP contribution in [-0.2, 0) is 19.0 Å². The second-order valence-corrected chi connectivity index (χ2v) is 6.69. The summed E-state index contributed by atoms with van der Waals surface area (Å²) in [6, 6.07) is 8.46. The summed E-state index contributed by atoms with van der Waals surface area (Å²) in [4.78, 5) is 8.49. The first kappa shape index (κ1) is 19.2. The maximum atomic E-state index is 4.29. The molecular formula is C16H22BrIN6. The SMILES string of the molecule is CN=C(NCc1ncnn1C)NCC1(c2ccccc2Br)CC1.I. The quantitative estimate of drug-likeness (QED) is 0.373. The molecule has 2 aromatic rings. The van der Waals surface area contributed by atoms with Crippen molar-refractivity contribution in [3.05, 3.63) is 46.5 Å². The lowest BCUT2D eigenvalue weighted by Gasteiger charge is -2.20. The van der Waals surface area contributed by atoms with E-state index in [1.165, 1.54) is 22.9 Å². The Bertz CT molecular complexity index is 710. The van der Waals surface area contributed by atoms with Crippen LogP contribution in [0.1, 0.15) is 24.2 Å². The molecule has 0 atom stereocenters. The molecule has 130 valence electrons. The lowest BCUT2D eigenvalue weighted by molar-refractivity contribution is 0.632. The second kappa shape index (κ2) is 8.28. The number of aliphatic imine (C=N–C) groups is 1. The third kappa shape index (κ3) is 4.27. The van der Waals surface area contributed by atoms with Gasteiger partial charge in [0.1, 0.15) is 12.2 Å². The molecule has 1 aliphatic carbocycles. The average molecular weight is 505 g/mol. The molecule has 3 rings (SSSR count). The Morgan fingerprint density at radius 3 is 2.67 bits per heavy atom. The van der Waals surface area contributed by atoms with E-state index in [2.05, 4.69) is 65.9 Å². The first-order valence-corrected chi connectivity index (χ1v) is 8.46. The van der Waals surface area contributed by atoms with Crippen molar-refractivity contribution in [2.75, 3.05) is 13.6 Å². The molecule has 0 saturated heterocycles. The fraction of sp³-hybridized carbons (Fsp3) is 0.438. The molecule has 24 heavy (non-hydrogen) atoms. The van der Waals surface area contributed by atoms with E-state index in [1.807, 2.05) is 7.05 Å². The zero-order valence-corrected chi connectivity index (χ0v) is 17.7. The highest BCUT2D eigenvalue weighted by atomic mass is 127. The van der Waals surface area contributed by atoms with Crippen LogP contribution in [0.15, 0.2) is 40.1 Å². The summed E-state index contributed by atoms with van der Waals surface area (Å²) in [5, 5.41) is 10.8. The molecule has 1 saturated carbocycles. The van der Waals surface area contributed by atoms with Gasteiger partial charge in [-0.05, 0) is 24.5 Å². The minimum Gasteiger partial charge on any atom is -0.356 e. The fourth-order valence-corrected chi connectivity index (χ4v) is 3.41. The highest BCUT2D eigenvalue weighted by Crippen LogP contribution is 2.49. The largest absolute Gasteiger partial charge is 0.356 e. The summed E-state index contributed by atoms with van der Waals surface area (Å²) in [5.74, 6) is 1.66. The first-order valence-electron chi connectivity index (χ1n) is 7.67. The molecule has 1 heterocycles. The maximum Gasteiger partial charge on any atom is 0.191 e. The Morgan fingerprint density at radius 1 is 1.33 bits per heavy atom.